The van der Waals surface area contributed by atoms with Crippen LogP contribution in [0.4, 0.5) is 0 Å². The summed E-state index contributed by atoms with van der Waals surface area (Å²) in [6, 6.07) is 28.5. The van der Waals surface area contributed by atoms with Gasteiger partial charge in [-0.25, -0.2) is 4.98 Å². The Kier molecular flexibility index (Phi) is 4.99. The number of rotatable bonds is 3. The van der Waals surface area contributed by atoms with E-state index in [0.29, 0.717) is 0 Å². The Balaban J connectivity index is 1.47. The van der Waals surface area contributed by atoms with E-state index in [1.54, 1.807) is 0 Å². The summed E-state index contributed by atoms with van der Waals surface area (Å²) in [5.41, 5.74) is 11.2. The highest BCUT2D eigenvalue weighted by atomic mass is 15.1. The third-order valence-corrected chi connectivity index (χ3v) is 7.67. The fraction of sp³-hybridized carbons (Fsp3) is 0.147. The maximum Gasteiger partial charge on any atom is 0.142 e. The van der Waals surface area contributed by atoms with Gasteiger partial charge in [0.2, 0.25) is 0 Å². The molecule has 2 atom stereocenters. The van der Waals surface area contributed by atoms with Crippen molar-refractivity contribution in [2.24, 2.45) is 0 Å². The van der Waals surface area contributed by atoms with E-state index >= 15 is 0 Å². The fourth-order valence-corrected chi connectivity index (χ4v) is 5.89. The van der Waals surface area contributed by atoms with Gasteiger partial charge in [0, 0.05) is 17.0 Å². The predicted octanol–water partition coefficient (Wildman–Crippen LogP) is 8.55. The lowest BCUT2D eigenvalue weighted by Crippen LogP contribution is -2.24. The molecule has 1 aliphatic heterocycles. The number of aryl methyl sites for hydroxylation is 1. The highest BCUT2D eigenvalue weighted by Crippen LogP contribution is 2.50. The average molecular weight is 465 g/mol. The third kappa shape index (κ3) is 3.37. The normalized spacial score (nSPS) is 19.7. The molecule has 2 unspecified atom stereocenters. The van der Waals surface area contributed by atoms with Crippen LogP contribution in [0, 0.1) is 6.92 Å². The van der Waals surface area contributed by atoms with Crippen molar-refractivity contribution in [2.45, 2.75) is 31.7 Å². The summed E-state index contributed by atoms with van der Waals surface area (Å²) >= 11 is 0. The molecule has 0 amide bonds. The van der Waals surface area contributed by atoms with E-state index in [1.165, 1.54) is 44.7 Å². The Bertz CT molecular complexity index is 1580. The molecule has 36 heavy (non-hydrogen) atoms. The Morgan fingerprint density at radius 3 is 2.39 bits per heavy atom. The number of hydrogen-bond donors (Lipinski definition) is 0. The van der Waals surface area contributed by atoms with E-state index in [-0.39, 0.29) is 12.0 Å². The van der Waals surface area contributed by atoms with Gasteiger partial charge in [0.25, 0.3) is 0 Å². The highest BCUT2D eigenvalue weighted by Gasteiger charge is 2.37. The quantitative estimate of drug-likeness (QED) is 0.297. The van der Waals surface area contributed by atoms with Gasteiger partial charge >= 0.3 is 0 Å². The van der Waals surface area contributed by atoms with Gasteiger partial charge in [-0.2, -0.15) is 0 Å². The summed E-state index contributed by atoms with van der Waals surface area (Å²) in [6.45, 7) is 2.14. The molecule has 2 aliphatic carbocycles. The summed E-state index contributed by atoms with van der Waals surface area (Å²) in [5, 5.41) is 0. The number of aromatic nitrogens is 2. The highest BCUT2D eigenvalue weighted by molar-refractivity contribution is 5.87. The van der Waals surface area contributed by atoms with Gasteiger partial charge < -0.3 is 4.57 Å². The van der Waals surface area contributed by atoms with Crippen LogP contribution in [0.5, 0.6) is 0 Å². The Morgan fingerprint density at radius 2 is 1.58 bits per heavy atom. The van der Waals surface area contributed by atoms with Crippen LogP contribution < -0.4 is 0 Å². The summed E-state index contributed by atoms with van der Waals surface area (Å²) in [7, 11) is 0. The molecule has 2 heteroatoms. The Morgan fingerprint density at radius 1 is 0.778 bits per heavy atom. The van der Waals surface area contributed by atoms with Crippen molar-refractivity contribution in [1.82, 2.24) is 9.55 Å². The van der Waals surface area contributed by atoms with Crippen LogP contribution in [0.1, 0.15) is 47.2 Å². The molecule has 0 saturated heterocycles. The van der Waals surface area contributed by atoms with Crippen molar-refractivity contribution in [2.75, 3.05) is 0 Å². The molecule has 0 radical (unpaired) electrons. The van der Waals surface area contributed by atoms with E-state index in [9.17, 15) is 0 Å². The van der Waals surface area contributed by atoms with E-state index in [0.717, 1.165) is 24.4 Å². The summed E-state index contributed by atoms with van der Waals surface area (Å²) in [5.74, 6) is 1.32. The van der Waals surface area contributed by atoms with Gasteiger partial charge in [-0.1, -0.05) is 121 Å². The second kappa shape index (κ2) is 8.49. The molecule has 3 aromatic carbocycles. The smallest absolute Gasteiger partial charge is 0.142 e. The first-order valence-corrected chi connectivity index (χ1v) is 12.9. The molecule has 7 rings (SSSR count). The second-order valence-electron chi connectivity index (χ2n) is 9.96. The minimum Gasteiger partial charge on any atom is -0.315 e. The Hall–Kier alpha value is -4.17. The van der Waals surface area contributed by atoms with E-state index < -0.39 is 0 Å². The average Bonchev–Trinajstić information content (AvgIpc) is 3.35. The van der Waals surface area contributed by atoms with Crippen LogP contribution in [-0.4, -0.2) is 9.55 Å². The number of hydrogen-bond acceptors (Lipinski definition) is 1. The van der Waals surface area contributed by atoms with Crippen LogP contribution in [-0.2, 0) is 0 Å². The maximum atomic E-state index is 5.35. The van der Waals surface area contributed by atoms with E-state index in [2.05, 4.69) is 127 Å². The van der Waals surface area contributed by atoms with Gasteiger partial charge in [-0.3, -0.25) is 0 Å². The zero-order valence-corrected chi connectivity index (χ0v) is 20.4. The molecule has 0 saturated carbocycles. The van der Waals surface area contributed by atoms with E-state index in [1.807, 2.05) is 0 Å². The first-order valence-electron chi connectivity index (χ1n) is 12.9. The van der Waals surface area contributed by atoms with E-state index in [4.69, 9.17) is 4.98 Å². The zero-order chi connectivity index (χ0) is 24.1. The second-order valence-corrected chi connectivity index (χ2v) is 9.96. The predicted molar refractivity (Wildman–Crippen MR) is 150 cm³/mol. The van der Waals surface area contributed by atoms with Gasteiger partial charge in [0.05, 0.1) is 17.4 Å². The molecule has 2 heterocycles. The monoisotopic (exact) mass is 464 g/mol. The number of allylic oxidation sites excluding steroid dienone is 8. The molecule has 0 spiro atoms. The topological polar surface area (TPSA) is 17.8 Å². The molecular weight excluding hydrogens is 436 g/mol. The molecule has 4 aromatic rings. The van der Waals surface area contributed by atoms with Gasteiger partial charge in [-0.15, -0.1) is 0 Å². The van der Waals surface area contributed by atoms with Crippen molar-refractivity contribution < 1.29 is 0 Å². The number of fused-ring (bicyclic) bond motifs is 6. The van der Waals surface area contributed by atoms with Crippen LogP contribution >= 0.6 is 0 Å². The molecule has 3 aliphatic rings. The summed E-state index contributed by atoms with van der Waals surface area (Å²) in [4.78, 5) is 5.35. The van der Waals surface area contributed by atoms with Crippen molar-refractivity contribution in [3.63, 3.8) is 0 Å². The fourth-order valence-electron chi connectivity index (χ4n) is 5.89. The van der Waals surface area contributed by atoms with Crippen molar-refractivity contribution in [1.29, 1.82) is 0 Å². The lowest BCUT2D eigenvalue weighted by Gasteiger charge is -2.36. The van der Waals surface area contributed by atoms with Crippen LogP contribution in [0.3, 0.4) is 0 Å². The minimum absolute atomic E-state index is 0.181. The standard InChI is InChI=1S/C34H28N2/c1-23-16-18-24(19-17-23)27-20-21-31-30(22-27)28-14-8-9-15-29(28)34-35-32(25-10-4-2-5-11-25)33(36(31)34)26-12-6-3-7-13-26/h2,4-6,8-22,30-31H,3,7H2,1H3. The molecule has 2 nitrogen and oxygen atoms in total. The van der Waals surface area contributed by atoms with Gasteiger partial charge in [0.15, 0.2) is 0 Å². The number of nitrogens with zero attached hydrogens (tertiary/aromatic N) is 2. The number of imidazole rings is 1. The molecule has 0 fully saturated rings. The molecule has 0 bridgehead atoms. The minimum atomic E-state index is 0.181. The SMILES string of the molecule is Cc1ccc(C2=CC3c4ccccc4-c4nc(-c5ccccc5)c(C5=CCCC=C5)n4C3C=C2)cc1. The number of benzene rings is 3. The summed E-state index contributed by atoms with van der Waals surface area (Å²) in [6.07, 6.45) is 16.3. The largest absolute Gasteiger partial charge is 0.315 e. The van der Waals surface area contributed by atoms with Crippen molar-refractivity contribution >= 4 is 11.1 Å². The van der Waals surface area contributed by atoms with Crippen molar-refractivity contribution in [3.8, 4) is 22.6 Å². The van der Waals surface area contributed by atoms with Crippen molar-refractivity contribution in [3.05, 3.63) is 138 Å². The lowest BCUT2D eigenvalue weighted by atomic mass is 9.79. The van der Waals surface area contributed by atoms with Gasteiger partial charge in [-0.05, 0) is 42.0 Å². The van der Waals surface area contributed by atoms with Gasteiger partial charge in [0.1, 0.15) is 5.82 Å². The first kappa shape index (κ1) is 21.1. The first-order chi connectivity index (χ1) is 17.8. The molecular formula is C34H28N2. The zero-order valence-electron chi connectivity index (χ0n) is 20.4. The molecule has 0 N–H and O–H groups in total. The van der Waals surface area contributed by atoms with Crippen LogP contribution in [0.25, 0.3) is 33.8 Å². The molecule has 1 aromatic heterocycles. The summed E-state index contributed by atoms with van der Waals surface area (Å²) < 4.78 is 2.51. The van der Waals surface area contributed by atoms with Crippen LogP contribution in [0.2, 0.25) is 0 Å². The third-order valence-electron chi connectivity index (χ3n) is 7.67. The molecule has 174 valence electrons. The van der Waals surface area contributed by atoms with Crippen LogP contribution in [0.15, 0.2) is 115 Å². The maximum absolute atomic E-state index is 5.35. The Labute approximate surface area is 212 Å². The lowest BCUT2D eigenvalue weighted by molar-refractivity contribution is 0.533.